The molecule has 1 aliphatic heterocycles. The van der Waals surface area contributed by atoms with Gasteiger partial charge in [-0.3, -0.25) is 9.69 Å². The third kappa shape index (κ3) is 4.00. The molecule has 0 fully saturated rings. The van der Waals surface area contributed by atoms with Gasteiger partial charge in [-0.2, -0.15) is 4.98 Å². The first-order valence-corrected chi connectivity index (χ1v) is 11.1. The summed E-state index contributed by atoms with van der Waals surface area (Å²) in [6.45, 7) is 3.65. The Kier molecular flexibility index (Phi) is 6.20. The minimum Gasteiger partial charge on any atom is -0.447 e. The lowest BCUT2D eigenvalue weighted by molar-refractivity contribution is -0.118. The van der Waals surface area contributed by atoms with Crippen LogP contribution in [0.4, 0.5) is 5.69 Å². The van der Waals surface area contributed by atoms with Crippen molar-refractivity contribution < 1.29 is 9.53 Å². The lowest BCUT2D eigenvalue weighted by Gasteiger charge is -2.30. The fourth-order valence-electron chi connectivity index (χ4n) is 3.30. The molecule has 0 spiro atoms. The zero-order valence-corrected chi connectivity index (χ0v) is 18.3. The van der Waals surface area contributed by atoms with Crippen molar-refractivity contribution in [1.29, 1.82) is 0 Å². The highest BCUT2D eigenvalue weighted by Gasteiger charge is 2.35. The number of amides is 1. The second-order valence-electron chi connectivity index (χ2n) is 6.85. The normalized spacial score (nSPS) is 15.0. The first kappa shape index (κ1) is 20.6. The quantitative estimate of drug-likeness (QED) is 0.384. The highest BCUT2D eigenvalue weighted by molar-refractivity contribution is 7.99. The van der Waals surface area contributed by atoms with E-state index < -0.39 is 6.23 Å². The van der Waals surface area contributed by atoms with E-state index in [1.165, 1.54) is 6.92 Å². The smallest absolute Gasteiger partial charge is 0.247 e. The summed E-state index contributed by atoms with van der Waals surface area (Å²) in [6, 6.07) is 14.9. The van der Waals surface area contributed by atoms with E-state index in [9.17, 15) is 4.79 Å². The van der Waals surface area contributed by atoms with Crippen molar-refractivity contribution >= 4 is 35.0 Å². The number of carbonyl (C=O) groups is 1. The fraction of sp³-hybridized carbons (Fsp3) is 0.273. The molecule has 6 nitrogen and oxygen atoms in total. The minimum atomic E-state index is -0.774. The van der Waals surface area contributed by atoms with E-state index in [2.05, 4.69) is 22.1 Å². The maximum Gasteiger partial charge on any atom is 0.247 e. The van der Waals surface area contributed by atoms with Gasteiger partial charge in [-0.1, -0.05) is 73.1 Å². The van der Waals surface area contributed by atoms with Crippen LogP contribution in [0.2, 0.25) is 5.02 Å². The predicted octanol–water partition coefficient (Wildman–Crippen LogP) is 5.53. The van der Waals surface area contributed by atoms with Crippen molar-refractivity contribution in [3.8, 4) is 17.1 Å². The first-order chi connectivity index (χ1) is 14.6. The largest absolute Gasteiger partial charge is 0.447 e. The Bertz CT molecular complexity index is 1080. The number of benzene rings is 2. The van der Waals surface area contributed by atoms with Crippen molar-refractivity contribution in [2.24, 2.45) is 0 Å². The predicted molar refractivity (Wildman–Crippen MR) is 119 cm³/mol. The Morgan fingerprint density at radius 3 is 2.70 bits per heavy atom. The molecule has 30 heavy (non-hydrogen) atoms. The summed E-state index contributed by atoms with van der Waals surface area (Å²) >= 11 is 8.02. The van der Waals surface area contributed by atoms with E-state index in [0.29, 0.717) is 33.0 Å². The van der Waals surface area contributed by atoms with Gasteiger partial charge in [0.2, 0.25) is 23.2 Å². The SMILES string of the molecule is CCCCSc1nnc2c(n1)O[C@@H](c1ccccc1Cl)N(C(C)=O)c1ccccc1-2. The number of hydrogen-bond acceptors (Lipinski definition) is 6. The number of rotatable bonds is 5. The number of unbranched alkanes of at least 4 members (excludes halogenated alkanes) is 1. The Morgan fingerprint density at radius 1 is 1.17 bits per heavy atom. The fourth-order valence-corrected chi connectivity index (χ4v) is 4.39. The minimum absolute atomic E-state index is 0.175. The maximum absolute atomic E-state index is 12.7. The molecule has 0 aliphatic carbocycles. The summed E-state index contributed by atoms with van der Waals surface area (Å²) in [6.07, 6.45) is 1.39. The Labute approximate surface area is 184 Å². The van der Waals surface area contributed by atoms with Crippen LogP contribution in [0.15, 0.2) is 53.7 Å². The second kappa shape index (κ2) is 9.02. The average molecular weight is 441 g/mol. The molecule has 1 amide bonds. The van der Waals surface area contributed by atoms with Gasteiger partial charge in [0.25, 0.3) is 0 Å². The molecule has 0 bridgehead atoms. The van der Waals surface area contributed by atoms with Gasteiger partial charge in [-0.15, -0.1) is 10.2 Å². The number of anilines is 1. The summed E-state index contributed by atoms with van der Waals surface area (Å²) in [4.78, 5) is 19.0. The first-order valence-electron chi connectivity index (χ1n) is 9.78. The number of hydrogen-bond donors (Lipinski definition) is 0. The highest BCUT2D eigenvalue weighted by Crippen LogP contribution is 2.44. The lowest BCUT2D eigenvalue weighted by Crippen LogP contribution is -2.36. The van der Waals surface area contributed by atoms with Crippen LogP contribution in [-0.2, 0) is 4.79 Å². The van der Waals surface area contributed by atoms with Crippen LogP contribution >= 0.6 is 23.4 Å². The summed E-state index contributed by atoms with van der Waals surface area (Å²) in [5.41, 5.74) is 2.60. The molecule has 1 atom stereocenters. The van der Waals surface area contributed by atoms with Crippen LogP contribution in [0.1, 0.15) is 38.5 Å². The van der Waals surface area contributed by atoms with Crippen LogP contribution in [-0.4, -0.2) is 26.8 Å². The highest BCUT2D eigenvalue weighted by atomic mass is 35.5. The summed E-state index contributed by atoms with van der Waals surface area (Å²) in [5.74, 6) is 1.07. The Morgan fingerprint density at radius 2 is 1.93 bits per heavy atom. The number of ether oxygens (including phenoxy) is 1. The number of halogens is 1. The van der Waals surface area contributed by atoms with E-state index in [1.54, 1.807) is 22.7 Å². The van der Waals surface area contributed by atoms with Gasteiger partial charge in [0.05, 0.1) is 5.69 Å². The monoisotopic (exact) mass is 440 g/mol. The molecule has 154 valence electrons. The number of thioether (sulfide) groups is 1. The van der Waals surface area contributed by atoms with Crippen molar-refractivity contribution in [3.63, 3.8) is 0 Å². The van der Waals surface area contributed by atoms with E-state index >= 15 is 0 Å². The molecule has 2 heterocycles. The zero-order chi connectivity index (χ0) is 21.1. The van der Waals surface area contributed by atoms with Crippen LogP contribution in [0.25, 0.3) is 11.3 Å². The standard InChI is InChI=1S/C22H21ClN4O2S/c1-3-4-13-30-22-24-20-19(25-26-22)16-10-6-8-12-18(16)27(14(2)28)21(29-20)15-9-5-7-11-17(15)23/h5-12,21H,3-4,13H2,1-2H3/t21-/m0/s1. The Hall–Kier alpha value is -2.64. The molecule has 4 rings (SSSR count). The molecule has 1 aliphatic rings. The summed E-state index contributed by atoms with van der Waals surface area (Å²) < 4.78 is 6.32. The molecule has 0 N–H and O–H groups in total. The number of para-hydroxylation sites is 1. The van der Waals surface area contributed by atoms with Crippen molar-refractivity contribution in [2.45, 2.75) is 38.1 Å². The van der Waals surface area contributed by atoms with E-state index in [1.807, 2.05) is 42.5 Å². The van der Waals surface area contributed by atoms with E-state index in [0.717, 1.165) is 24.2 Å². The molecule has 0 radical (unpaired) electrons. The molecule has 8 heteroatoms. The van der Waals surface area contributed by atoms with E-state index in [4.69, 9.17) is 16.3 Å². The summed E-state index contributed by atoms with van der Waals surface area (Å²) in [7, 11) is 0. The average Bonchev–Trinajstić information content (AvgIpc) is 2.88. The van der Waals surface area contributed by atoms with Crippen molar-refractivity contribution in [3.05, 3.63) is 59.1 Å². The topological polar surface area (TPSA) is 68.2 Å². The number of fused-ring (bicyclic) bond motifs is 3. The Balaban J connectivity index is 1.87. The molecule has 3 aromatic rings. The number of aromatic nitrogens is 3. The van der Waals surface area contributed by atoms with Crippen LogP contribution in [0, 0.1) is 0 Å². The molecule has 0 saturated heterocycles. The van der Waals surface area contributed by atoms with Crippen LogP contribution < -0.4 is 9.64 Å². The maximum atomic E-state index is 12.7. The molecule has 1 aromatic heterocycles. The van der Waals surface area contributed by atoms with Crippen molar-refractivity contribution in [1.82, 2.24) is 15.2 Å². The van der Waals surface area contributed by atoms with Gasteiger partial charge in [-0.25, -0.2) is 0 Å². The van der Waals surface area contributed by atoms with Gasteiger partial charge < -0.3 is 4.74 Å². The third-order valence-corrected chi connectivity index (χ3v) is 6.02. The summed E-state index contributed by atoms with van der Waals surface area (Å²) in [5, 5.41) is 9.75. The van der Waals surface area contributed by atoms with Gasteiger partial charge in [0.15, 0.2) is 5.69 Å². The zero-order valence-electron chi connectivity index (χ0n) is 16.7. The van der Waals surface area contributed by atoms with Gasteiger partial charge in [-0.05, 0) is 18.6 Å². The lowest BCUT2D eigenvalue weighted by atomic mass is 10.1. The number of nitrogens with zero attached hydrogens (tertiary/aromatic N) is 4. The van der Waals surface area contributed by atoms with Crippen LogP contribution in [0.5, 0.6) is 5.88 Å². The number of carbonyl (C=O) groups excluding carboxylic acids is 1. The second-order valence-corrected chi connectivity index (χ2v) is 8.32. The van der Waals surface area contributed by atoms with E-state index in [-0.39, 0.29) is 5.91 Å². The molecule has 2 aromatic carbocycles. The molecular weight excluding hydrogens is 420 g/mol. The van der Waals surface area contributed by atoms with Crippen LogP contribution in [0.3, 0.4) is 0 Å². The molecular formula is C22H21ClN4O2S. The third-order valence-electron chi connectivity index (χ3n) is 4.75. The van der Waals surface area contributed by atoms with Gasteiger partial charge in [0, 0.05) is 28.8 Å². The van der Waals surface area contributed by atoms with Crippen molar-refractivity contribution in [2.75, 3.05) is 10.7 Å². The van der Waals surface area contributed by atoms with Gasteiger partial charge >= 0.3 is 0 Å². The van der Waals surface area contributed by atoms with Gasteiger partial charge in [0.1, 0.15) is 0 Å². The molecule has 0 unspecified atom stereocenters. The molecule has 0 saturated carbocycles.